The van der Waals surface area contributed by atoms with Gasteiger partial charge >= 0.3 is 0 Å². The van der Waals surface area contributed by atoms with Gasteiger partial charge in [-0.15, -0.1) is 0 Å². The molecule has 0 aliphatic rings. The van der Waals surface area contributed by atoms with E-state index in [9.17, 15) is 13.2 Å². The topological polar surface area (TPSA) is 84.9 Å². The zero-order valence-electron chi connectivity index (χ0n) is 18.5. The first-order chi connectivity index (χ1) is 15.2. The molecule has 0 saturated carbocycles. The molecule has 168 valence electrons. The minimum atomic E-state index is -4.05. The van der Waals surface area contributed by atoms with Crippen LogP contribution in [0.1, 0.15) is 11.1 Å². The van der Waals surface area contributed by atoms with Crippen molar-refractivity contribution >= 4 is 27.3 Å². The summed E-state index contributed by atoms with van der Waals surface area (Å²) < 4.78 is 38.8. The van der Waals surface area contributed by atoms with Crippen LogP contribution in [0, 0.1) is 13.8 Å². The van der Waals surface area contributed by atoms with Crippen molar-refractivity contribution in [2.45, 2.75) is 18.7 Å². The van der Waals surface area contributed by atoms with Gasteiger partial charge in [-0.25, -0.2) is 8.42 Å². The van der Waals surface area contributed by atoms with Gasteiger partial charge in [0.15, 0.2) is 0 Å². The van der Waals surface area contributed by atoms with Crippen molar-refractivity contribution in [3.63, 3.8) is 0 Å². The highest BCUT2D eigenvalue weighted by atomic mass is 32.2. The number of hydrogen-bond donors (Lipinski definition) is 1. The molecule has 1 amide bonds. The fourth-order valence-corrected chi connectivity index (χ4v) is 4.59. The molecule has 0 aliphatic carbocycles. The van der Waals surface area contributed by atoms with Crippen LogP contribution in [0.25, 0.3) is 0 Å². The Bertz CT molecular complexity index is 1210. The Hall–Kier alpha value is -3.52. The van der Waals surface area contributed by atoms with Crippen molar-refractivity contribution < 1.29 is 22.7 Å². The Balaban J connectivity index is 2.01. The van der Waals surface area contributed by atoms with E-state index in [2.05, 4.69) is 5.32 Å². The van der Waals surface area contributed by atoms with E-state index in [0.29, 0.717) is 17.2 Å². The first kappa shape index (κ1) is 23.1. The van der Waals surface area contributed by atoms with E-state index < -0.39 is 22.5 Å². The molecule has 7 nitrogen and oxygen atoms in total. The molecule has 0 aliphatic heterocycles. The summed E-state index contributed by atoms with van der Waals surface area (Å²) in [4.78, 5) is 13.0. The first-order valence-corrected chi connectivity index (χ1v) is 11.4. The Morgan fingerprint density at radius 1 is 0.906 bits per heavy atom. The normalized spacial score (nSPS) is 11.0. The predicted octanol–water partition coefficient (Wildman–Crippen LogP) is 4.15. The van der Waals surface area contributed by atoms with E-state index in [1.807, 2.05) is 19.9 Å². The molecule has 8 heteroatoms. The van der Waals surface area contributed by atoms with Gasteiger partial charge in [0, 0.05) is 11.8 Å². The zero-order chi connectivity index (χ0) is 23.3. The average molecular weight is 455 g/mol. The van der Waals surface area contributed by atoms with Gasteiger partial charge < -0.3 is 14.8 Å². The van der Waals surface area contributed by atoms with E-state index in [0.717, 1.165) is 15.4 Å². The van der Waals surface area contributed by atoms with Gasteiger partial charge in [-0.1, -0.05) is 29.8 Å². The van der Waals surface area contributed by atoms with Crippen molar-refractivity contribution in [3.05, 3.63) is 77.9 Å². The van der Waals surface area contributed by atoms with Gasteiger partial charge in [0.1, 0.15) is 18.0 Å². The number of ether oxygens (including phenoxy) is 2. The van der Waals surface area contributed by atoms with Crippen LogP contribution in [0.15, 0.2) is 71.6 Å². The minimum absolute atomic E-state index is 0.0841. The Kier molecular flexibility index (Phi) is 7.05. The number of anilines is 2. The molecule has 0 aromatic heterocycles. The van der Waals surface area contributed by atoms with Crippen molar-refractivity contribution in [2.24, 2.45) is 0 Å². The van der Waals surface area contributed by atoms with E-state index in [-0.39, 0.29) is 10.6 Å². The van der Waals surface area contributed by atoms with Gasteiger partial charge in [-0.3, -0.25) is 9.10 Å². The minimum Gasteiger partial charge on any atom is -0.497 e. The monoisotopic (exact) mass is 454 g/mol. The Labute approximate surface area is 188 Å². The third kappa shape index (κ3) is 5.20. The molecule has 0 spiro atoms. The van der Waals surface area contributed by atoms with Crippen LogP contribution in [0.3, 0.4) is 0 Å². The summed E-state index contributed by atoms with van der Waals surface area (Å²) in [6, 6.07) is 18.5. The molecular formula is C24H26N2O5S. The molecule has 32 heavy (non-hydrogen) atoms. The van der Waals surface area contributed by atoms with Crippen molar-refractivity contribution in [3.8, 4) is 11.5 Å². The second kappa shape index (κ2) is 9.74. The number of carbonyl (C=O) groups is 1. The first-order valence-electron chi connectivity index (χ1n) is 9.92. The highest BCUT2D eigenvalue weighted by molar-refractivity contribution is 7.92. The summed E-state index contributed by atoms with van der Waals surface area (Å²) >= 11 is 0. The van der Waals surface area contributed by atoms with E-state index in [1.165, 1.54) is 26.4 Å². The lowest BCUT2D eigenvalue weighted by molar-refractivity contribution is -0.114. The molecule has 0 unspecified atom stereocenters. The Morgan fingerprint density at radius 3 is 2.25 bits per heavy atom. The predicted molar refractivity (Wildman–Crippen MR) is 125 cm³/mol. The number of rotatable bonds is 8. The van der Waals surface area contributed by atoms with Crippen molar-refractivity contribution in [1.82, 2.24) is 0 Å². The van der Waals surface area contributed by atoms with Gasteiger partial charge in [-0.05, 0) is 55.8 Å². The summed E-state index contributed by atoms with van der Waals surface area (Å²) in [6.07, 6.45) is 0. The van der Waals surface area contributed by atoms with E-state index >= 15 is 0 Å². The molecule has 3 aromatic carbocycles. The largest absolute Gasteiger partial charge is 0.497 e. The van der Waals surface area contributed by atoms with E-state index in [4.69, 9.17) is 9.47 Å². The van der Waals surface area contributed by atoms with Gasteiger partial charge in [0.05, 0.1) is 24.8 Å². The lowest BCUT2D eigenvalue weighted by Gasteiger charge is -2.26. The zero-order valence-corrected chi connectivity index (χ0v) is 19.3. The SMILES string of the molecule is COc1cccc(NC(=O)CN(c2cc(C)ccc2OC)S(=O)(=O)c2ccc(C)cc2)c1. The molecular weight excluding hydrogens is 428 g/mol. The maximum atomic E-state index is 13.6. The number of sulfonamides is 1. The van der Waals surface area contributed by atoms with Gasteiger partial charge in [-0.2, -0.15) is 0 Å². The average Bonchev–Trinajstić information content (AvgIpc) is 2.77. The van der Waals surface area contributed by atoms with Crippen LogP contribution >= 0.6 is 0 Å². The second-order valence-corrected chi connectivity index (χ2v) is 9.14. The lowest BCUT2D eigenvalue weighted by Crippen LogP contribution is -2.38. The summed E-state index contributed by atoms with van der Waals surface area (Å²) in [6.45, 7) is 3.28. The maximum Gasteiger partial charge on any atom is 0.264 e. The number of nitrogens with one attached hydrogen (secondary N) is 1. The van der Waals surface area contributed by atoms with Gasteiger partial charge in [0.2, 0.25) is 5.91 Å². The highest BCUT2D eigenvalue weighted by Crippen LogP contribution is 2.33. The van der Waals surface area contributed by atoms with Crippen LogP contribution in [0.4, 0.5) is 11.4 Å². The van der Waals surface area contributed by atoms with Crippen LogP contribution in [-0.2, 0) is 14.8 Å². The van der Waals surface area contributed by atoms with Crippen LogP contribution < -0.4 is 19.1 Å². The van der Waals surface area contributed by atoms with E-state index in [1.54, 1.807) is 48.5 Å². The van der Waals surface area contributed by atoms with Crippen molar-refractivity contribution in [1.29, 1.82) is 0 Å². The number of hydrogen-bond acceptors (Lipinski definition) is 5. The smallest absolute Gasteiger partial charge is 0.264 e. The number of amides is 1. The second-order valence-electron chi connectivity index (χ2n) is 7.28. The number of methoxy groups -OCH3 is 2. The van der Waals surface area contributed by atoms with Crippen molar-refractivity contribution in [2.75, 3.05) is 30.4 Å². The summed E-state index contributed by atoms with van der Waals surface area (Å²) in [5.74, 6) is 0.422. The number of nitrogens with zero attached hydrogens (tertiary/aromatic N) is 1. The molecule has 0 bridgehead atoms. The third-order valence-corrected chi connectivity index (χ3v) is 6.63. The third-order valence-electron chi connectivity index (χ3n) is 4.85. The summed E-state index contributed by atoms with van der Waals surface area (Å²) in [5, 5.41) is 2.74. The van der Waals surface area contributed by atoms with Crippen LogP contribution in [-0.4, -0.2) is 35.1 Å². The van der Waals surface area contributed by atoms with Gasteiger partial charge in [0.25, 0.3) is 10.0 Å². The fraction of sp³-hybridized carbons (Fsp3) is 0.208. The standard InChI is InChI=1S/C24H26N2O5S/c1-17-8-11-21(12-9-17)32(28,29)26(22-14-18(2)10-13-23(22)31-4)16-24(27)25-19-6-5-7-20(15-19)30-3/h5-15H,16H2,1-4H3,(H,25,27). The molecule has 0 atom stereocenters. The quantitative estimate of drug-likeness (QED) is 0.553. The molecule has 3 aromatic rings. The number of aryl methyl sites for hydroxylation is 2. The molecule has 0 heterocycles. The number of benzene rings is 3. The molecule has 3 rings (SSSR count). The van der Waals surface area contributed by atoms with Crippen LogP contribution in [0.2, 0.25) is 0 Å². The lowest BCUT2D eigenvalue weighted by atomic mass is 10.2. The molecule has 1 N–H and O–H groups in total. The fourth-order valence-electron chi connectivity index (χ4n) is 3.16. The molecule has 0 fully saturated rings. The highest BCUT2D eigenvalue weighted by Gasteiger charge is 2.29. The summed E-state index contributed by atoms with van der Waals surface area (Å²) in [7, 11) is -1.06. The summed E-state index contributed by atoms with van der Waals surface area (Å²) in [5.41, 5.74) is 2.55. The molecule has 0 radical (unpaired) electrons. The molecule has 0 saturated heterocycles. The number of carbonyl (C=O) groups excluding carboxylic acids is 1. The maximum absolute atomic E-state index is 13.6. The Morgan fingerprint density at radius 2 is 1.59 bits per heavy atom. The van der Waals surface area contributed by atoms with Crippen LogP contribution in [0.5, 0.6) is 11.5 Å².